The van der Waals surface area contributed by atoms with Crippen LogP contribution in [0.2, 0.25) is 0 Å². The molecule has 0 aliphatic rings. The van der Waals surface area contributed by atoms with Crippen molar-refractivity contribution < 1.29 is 9.53 Å². The van der Waals surface area contributed by atoms with E-state index in [1.165, 1.54) is 0 Å². The van der Waals surface area contributed by atoms with Gasteiger partial charge >= 0.3 is 6.03 Å². The lowest BCUT2D eigenvalue weighted by Gasteiger charge is -2.30. The van der Waals surface area contributed by atoms with E-state index in [0.29, 0.717) is 49.4 Å². The maximum atomic E-state index is 12.9. The molecular formula is C21H32N4O3. The minimum absolute atomic E-state index is 0.0711. The van der Waals surface area contributed by atoms with E-state index < -0.39 is 0 Å². The first-order valence-electron chi connectivity index (χ1n) is 10.1. The van der Waals surface area contributed by atoms with E-state index >= 15 is 0 Å². The number of hydrogen-bond acceptors (Lipinski definition) is 4. The first-order valence-corrected chi connectivity index (χ1v) is 10.1. The number of ether oxygens (including phenoxy) is 1. The molecule has 0 aliphatic heterocycles. The molecule has 1 heterocycles. The first kappa shape index (κ1) is 21.9. The van der Waals surface area contributed by atoms with E-state index in [1.807, 2.05) is 32.0 Å². The quantitative estimate of drug-likeness (QED) is 0.634. The minimum Gasteiger partial charge on any atom is -0.385 e. The summed E-state index contributed by atoms with van der Waals surface area (Å²) in [7, 11) is 1.65. The van der Waals surface area contributed by atoms with Gasteiger partial charge in [0, 0.05) is 33.4 Å². The number of fused-ring (bicyclic) bond motifs is 1. The summed E-state index contributed by atoms with van der Waals surface area (Å²) in [5.41, 5.74) is 0.584. The largest absolute Gasteiger partial charge is 0.385 e. The normalized spacial score (nSPS) is 12.1. The van der Waals surface area contributed by atoms with E-state index in [0.717, 1.165) is 12.8 Å². The lowest BCUT2D eigenvalue weighted by molar-refractivity contribution is 0.151. The van der Waals surface area contributed by atoms with Crippen LogP contribution in [-0.4, -0.2) is 47.3 Å². The van der Waals surface area contributed by atoms with Crippen LogP contribution in [0.1, 0.15) is 51.9 Å². The lowest BCUT2D eigenvalue weighted by atomic mass is 10.2. The Labute approximate surface area is 166 Å². The number of para-hydroxylation sites is 1. The number of methoxy groups -OCH3 is 1. The molecule has 0 saturated heterocycles. The molecule has 1 aromatic carbocycles. The van der Waals surface area contributed by atoms with Crippen LogP contribution in [0.25, 0.3) is 10.9 Å². The standard InChI is InChI=1S/C21H32N4O3/c1-5-7-13-22-21(27)25(14-10-15-28-4)16(3)19-23-18-12-9-8-11-17(18)20(26)24(19)6-2/h8-9,11-12,16H,5-7,10,13-15H2,1-4H3,(H,22,27). The Morgan fingerprint density at radius 3 is 2.71 bits per heavy atom. The minimum atomic E-state index is -0.337. The Morgan fingerprint density at radius 2 is 2.04 bits per heavy atom. The summed E-state index contributed by atoms with van der Waals surface area (Å²) in [4.78, 5) is 32.3. The van der Waals surface area contributed by atoms with Gasteiger partial charge in [0.1, 0.15) is 5.82 Å². The Hall–Kier alpha value is -2.41. The molecule has 154 valence electrons. The Balaban J connectivity index is 2.39. The van der Waals surface area contributed by atoms with Gasteiger partial charge in [-0.2, -0.15) is 0 Å². The molecule has 0 saturated carbocycles. The molecule has 2 amide bonds. The van der Waals surface area contributed by atoms with E-state index in [-0.39, 0.29) is 17.6 Å². The second kappa shape index (κ2) is 10.8. The summed E-state index contributed by atoms with van der Waals surface area (Å²) in [5, 5.41) is 3.58. The monoisotopic (exact) mass is 388 g/mol. The van der Waals surface area contributed by atoms with Crippen molar-refractivity contribution in [1.82, 2.24) is 19.8 Å². The number of rotatable bonds is 10. The molecule has 0 radical (unpaired) electrons. The Kier molecular flexibility index (Phi) is 8.44. The first-order chi connectivity index (χ1) is 13.5. The van der Waals surface area contributed by atoms with Crippen LogP contribution in [0.15, 0.2) is 29.1 Å². The van der Waals surface area contributed by atoms with Crippen molar-refractivity contribution in [1.29, 1.82) is 0 Å². The third kappa shape index (κ3) is 5.10. The van der Waals surface area contributed by atoms with Crippen LogP contribution in [0, 0.1) is 0 Å². The van der Waals surface area contributed by atoms with Gasteiger partial charge in [0.05, 0.1) is 16.9 Å². The number of benzene rings is 1. The van der Waals surface area contributed by atoms with Crippen molar-refractivity contribution in [3.05, 3.63) is 40.4 Å². The van der Waals surface area contributed by atoms with E-state index in [9.17, 15) is 9.59 Å². The van der Waals surface area contributed by atoms with Gasteiger partial charge in [-0.1, -0.05) is 25.5 Å². The number of nitrogens with zero attached hydrogens (tertiary/aromatic N) is 3. The number of aromatic nitrogens is 2. The molecule has 28 heavy (non-hydrogen) atoms. The predicted octanol–water partition coefficient (Wildman–Crippen LogP) is 3.33. The average Bonchev–Trinajstić information content (AvgIpc) is 2.71. The number of carbonyl (C=O) groups is 1. The van der Waals surface area contributed by atoms with Crippen LogP contribution in [0.4, 0.5) is 4.79 Å². The van der Waals surface area contributed by atoms with Crippen molar-refractivity contribution in [3.8, 4) is 0 Å². The highest BCUT2D eigenvalue weighted by atomic mass is 16.5. The summed E-state index contributed by atoms with van der Waals surface area (Å²) >= 11 is 0. The summed E-state index contributed by atoms with van der Waals surface area (Å²) in [6.45, 7) is 8.16. The molecule has 0 aliphatic carbocycles. The third-order valence-electron chi connectivity index (χ3n) is 4.86. The van der Waals surface area contributed by atoms with Crippen LogP contribution in [0.5, 0.6) is 0 Å². The van der Waals surface area contributed by atoms with Gasteiger partial charge in [-0.3, -0.25) is 9.36 Å². The van der Waals surface area contributed by atoms with Crippen molar-refractivity contribution in [2.24, 2.45) is 0 Å². The zero-order chi connectivity index (χ0) is 20.5. The van der Waals surface area contributed by atoms with Gasteiger partial charge in [0.2, 0.25) is 0 Å². The van der Waals surface area contributed by atoms with Crippen LogP contribution in [0.3, 0.4) is 0 Å². The molecular weight excluding hydrogens is 356 g/mol. The van der Waals surface area contributed by atoms with E-state index in [1.54, 1.807) is 22.6 Å². The molecule has 2 aromatic rings. The van der Waals surface area contributed by atoms with Crippen LogP contribution < -0.4 is 10.9 Å². The molecule has 7 heteroatoms. The van der Waals surface area contributed by atoms with Gasteiger partial charge in [-0.25, -0.2) is 9.78 Å². The molecule has 0 bridgehead atoms. The molecule has 0 fully saturated rings. The Bertz CT molecular complexity index is 834. The number of nitrogens with one attached hydrogen (secondary N) is 1. The second-order valence-corrected chi connectivity index (χ2v) is 6.84. The molecule has 1 aromatic heterocycles. The fourth-order valence-corrected chi connectivity index (χ4v) is 3.27. The SMILES string of the molecule is CCCCNC(=O)N(CCCOC)C(C)c1nc2ccccc2c(=O)n1CC. The molecule has 0 spiro atoms. The predicted molar refractivity (Wildman–Crippen MR) is 112 cm³/mol. The fraction of sp³-hybridized carbons (Fsp3) is 0.571. The summed E-state index contributed by atoms with van der Waals surface area (Å²) < 4.78 is 6.81. The number of amides is 2. The molecule has 1 unspecified atom stereocenters. The fourth-order valence-electron chi connectivity index (χ4n) is 3.27. The third-order valence-corrected chi connectivity index (χ3v) is 4.86. The number of hydrogen-bond donors (Lipinski definition) is 1. The molecule has 2 rings (SSSR count). The van der Waals surface area contributed by atoms with Crippen molar-refractivity contribution in [2.75, 3.05) is 26.8 Å². The summed E-state index contributed by atoms with van der Waals surface area (Å²) in [6.07, 6.45) is 2.66. The topological polar surface area (TPSA) is 76.5 Å². The molecule has 7 nitrogen and oxygen atoms in total. The summed E-state index contributed by atoms with van der Waals surface area (Å²) in [6, 6.07) is 6.86. The number of carbonyl (C=O) groups excluding carboxylic acids is 1. The van der Waals surface area contributed by atoms with E-state index in [2.05, 4.69) is 12.2 Å². The zero-order valence-corrected chi connectivity index (χ0v) is 17.4. The van der Waals surface area contributed by atoms with Crippen molar-refractivity contribution >= 4 is 16.9 Å². The highest BCUT2D eigenvalue weighted by Crippen LogP contribution is 2.20. The summed E-state index contributed by atoms with van der Waals surface area (Å²) in [5.74, 6) is 0.606. The van der Waals surface area contributed by atoms with E-state index in [4.69, 9.17) is 9.72 Å². The maximum Gasteiger partial charge on any atom is 0.318 e. The zero-order valence-electron chi connectivity index (χ0n) is 17.4. The van der Waals surface area contributed by atoms with Gasteiger partial charge in [-0.15, -0.1) is 0 Å². The van der Waals surface area contributed by atoms with Crippen molar-refractivity contribution in [2.45, 2.75) is 52.6 Å². The highest BCUT2D eigenvalue weighted by molar-refractivity contribution is 5.78. The lowest BCUT2D eigenvalue weighted by Crippen LogP contribution is -2.44. The van der Waals surface area contributed by atoms with Gasteiger partial charge in [-0.05, 0) is 38.8 Å². The number of unbranched alkanes of at least 4 members (excludes halogenated alkanes) is 1. The second-order valence-electron chi connectivity index (χ2n) is 6.84. The highest BCUT2D eigenvalue weighted by Gasteiger charge is 2.25. The molecule has 1 atom stereocenters. The maximum absolute atomic E-state index is 12.9. The molecule has 1 N–H and O–H groups in total. The smallest absolute Gasteiger partial charge is 0.318 e. The number of urea groups is 1. The van der Waals surface area contributed by atoms with Crippen molar-refractivity contribution in [3.63, 3.8) is 0 Å². The average molecular weight is 389 g/mol. The van der Waals surface area contributed by atoms with Gasteiger partial charge < -0.3 is 15.0 Å². The van der Waals surface area contributed by atoms with Gasteiger partial charge in [0.15, 0.2) is 0 Å². The Morgan fingerprint density at radius 1 is 1.29 bits per heavy atom. The van der Waals surface area contributed by atoms with Gasteiger partial charge in [0.25, 0.3) is 5.56 Å². The van der Waals surface area contributed by atoms with Crippen LogP contribution >= 0.6 is 0 Å². The van der Waals surface area contributed by atoms with Crippen LogP contribution in [-0.2, 0) is 11.3 Å².